The minimum atomic E-state index is -4.53. The van der Waals surface area contributed by atoms with E-state index in [-0.39, 0.29) is 0 Å². The van der Waals surface area contributed by atoms with Gasteiger partial charge in [0.2, 0.25) is 0 Å². The number of phosphoric ester groups is 1. The van der Waals surface area contributed by atoms with E-state index in [9.17, 15) is 24.8 Å². The number of phosphoric acid groups is 1. The molecule has 11 nitrogen and oxygen atoms in total. The van der Waals surface area contributed by atoms with E-state index >= 15 is 0 Å². The van der Waals surface area contributed by atoms with E-state index in [1.807, 2.05) is 11.4 Å². The first-order valence-corrected chi connectivity index (χ1v) is 17.3. The Bertz CT molecular complexity index is 546. The molecule has 0 radical (unpaired) electrons. The van der Waals surface area contributed by atoms with E-state index in [0.717, 1.165) is 0 Å². The van der Waals surface area contributed by atoms with Crippen molar-refractivity contribution in [3.05, 3.63) is 0 Å². The van der Waals surface area contributed by atoms with Gasteiger partial charge in [-0.2, -0.15) is 0 Å². The van der Waals surface area contributed by atoms with Gasteiger partial charge in [-0.1, -0.05) is 0 Å². The summed E-state index contributed by atoms with van der Waals surface area (Å²) in [5, 5.41) is 47.9. The van der Waals surface area contributed by atoms with Crippen molar-refractivity contribution < 1.29 is 53.5 Å². The van der Waals surface area contributed by atoms with Crippen molar-refractivity contribution in [2.75, 3.05) is 26.4 Å². The van der Waals surface area contributed by atoms with Gasteiger partial charge in [-0.25, -0.2) is 0 Å². The van der Waals surface area contributed by atoms with Crippen LogP contribution in [0.1, 0.15) is 0 Å². The molecule has 6 N–H and O–H groups in total. The Hall–Kier alpha value is 0.608. The fraction of sp³-hybridized carbons (Fsp3) is 1.00. The topological polar surface area (TPSA) is 175 Å². The van der Waals surface area contributed by atoms with Gasteiger partial charge in [0, 0.05) is 0 Å². The number of aliphatic hydroxyl groups is 5. The van der Waals surface area contributed by atoms with Gasteiger partial charge in [-0.05, 0) is 0 Å². The summed E-state index contributed by atoms with van der Waals surface area (Å²) in [5.74, 6) is 0. The predicted octanol–water partition coefficient (Wildman–Crippen LogP) is -1.30. The van der Waals surface area contributed by atoms with E-state index in [4.69, 9.17) is 30.1 Å². The summed E-state index contributed by atoms with van der Waals surface area (Å²) in [6.07, 6.45) is -6.98. The summed E-state index contributed by atoms with van der Waals surface area (Å²) in [4.78, 5) is 9.37. The molecule has 1 saturated heterocycles. The Kier molecular flexibility index (Phi) is 10.6. The Labute approximate surface area is 163 Å². The average molecular weight is 498 g/mol. The number of aliphatic hydroxyl groups excluding tert-OH is 5. The Morgan fingerprint density at radius 3 is 2.19 bits per heavy atom. The second-order valence-electron chi connectivity index (χ2n) is 6.66. The Balaban J connectivity index is 2.38. The zero-order chi connectivity index (χ0) is 20.8. The number of hydrogen-bond acceptors (Lipinski definition) is 11. The van der Waals surface area contributed by atoms with E-state index in [1.165, 1.54) is 0 Å². The zero-order valence-electron chi connectivity index (χ0n) is 15.0. The summed E-state index contributed by atoms with van der Waals surface area (Å²) in [6, 6.07) is 0. The fourth-order valence-electron chi connectivity index (χ4n) is 2.14. The molecular formula is C13H28AsO11PS. The molecule has 1 rings (SSSR count). The van der Waals surface area contributed by atoms with Gasteiger partial charge in [0.1, 0.15) is 6.10 Å². The van der Waals surface area contributed by atoms with Crippen LogP contribution in [-0.2, 0) is 23.1 Å². The van der Waals surface area contributed by atoms with Crippen molar-refractivity contribution in [3.63, 3.8) is 0 Å². The molecule has 1 aliphatic rings. The molecule has 0 saturated carbocycles. The van der Waals surface area contributed by atoms with E-state index in [2.05, 4.69) is 9.05 Å². The van der Waals surface area contributed by atoms with Crippen LogP contribution in [0.5, 0.6) is 0 Å². The molecule has 7 atom stereocenters. The minimum absolute atomic E-state index is 0.405. The third-order valence-corrected chi connectivity index (χ3v) is 7.79. The SMILES string of the molecule is C[As](C)(=S)C[C@H]1O[C@@H](OCC(O)COP(=O)(O)OCC(O)CO)[C@H](O)[C@@H]1O. The van der Waals surface area contributed by atoms with E-state index in [0.29, 0.717) is 5.21 Å². The molecule has 1 aliphatic heterocycles. The van der Waals surface area contributed by atoms with Crippen molar-refractivity contribution in [2.24, 2.45) is 0 Å². The molecule has 0 aromatic heterocycles. The third-order valence-electron chi connectivity index (χ3n) is 3.46. The quantitative estimate of drug-likeness (QED) is 0.139. The predicted molar refractivity (Wildman–Crippen MR) is 97.3 cm³/mol. The molecule has 162 valence electrons. The first kappa shape index (κ1) is 25.6. The van der Waals surface area contributed by atoms with Crippen molar-refractivity contribution in [1.29, 1.82) is 0 Å². The van der Waals surface area contributed by atoms with Crippen LogP contribution in [0.3, 0.4) is 0 Å². The molecule has 0 amide bonds. The van der Waals surface area contributed by atoms with Crippen molar-refractivity contribution >= 4 is 30.1 Å². The average Bonchev–Trinajstić information content (AvgIpc) is 2.82. The molecule has 14 heteroatoms. The van der Waals surface area contributed by atoms with Crippen LogP contribution in [0.2, 0.25) is 16.6 Å². The summed E-state index contributed by atoms with van der Waals surface area (Å²) in [6.45, 7) is -2.32. The summed E-state index contributed by atoms with van der Waals surface area (Å²) < 4.78 is 31.2. The maximum atomic E-state index is 11.5. The van der Waals surface area contributed by atoms with E-state index < -0.39 is 82.9 Å². The second-order valence-corrected chi connectivity index (χ2v) is 20.6. The number of hydrogen-bond donors (Lipinski definition) is 6. The Morgan fingerprint density at radius 1 is 1.11 bits per heavy atom. The van der Waals surface area contributed by atoms with Gasteiger partial charge in [-0.15, -0.1) is 0 Å². The molecule has 1 fully saturated rings. The molecule has 3 unspecified atom stereocenters. The number of ether oxygens (including phenoxy) is 2. The molecule has 1 heterocycles. The van der Waals surface area contributed by atoms with Crippen LogP contribution in [0, 0.1) is 0 Å². The zero-order valence-corrected chi connectivity index (χ0v) is 18.6. The standard InChI is InChI=1S/C13H28AsO11PS/c1-14(2,27)3-10-11(18)12(19)13(25-10)22-5-9(17)7-24-26(20,21)23-6-8(16)4-15/h8-13,15-19H,3-7H2,1-2H3,(H,20,21)/t8?,9?,10-,11-,12-,13-/m1/s1. The molecular weight excluding hydrogens is 470 g/mol. The van der Waals surface area contributed by atoms with Crippen molar-refractivity contribution in [3.8, 4) is 0 Å². The van der Waals surface area contributed by atoms with Gasteiger partial charge in [0.15, 0.2) is 0 Å². The van der Waals surface area contributed by atoms with Crippen LogP contribution in [-0.4, -0.2) is 106 Å². The molecule has 0 bridgehead atoms. The monoisotopic (exact) mass is 498 g/mol. The van der Waals surface area contributed by atoms with Gasteiger partial charge >= 0.3 is 141 Å². The van der Waals surface area contributed by atoms with Gasteiger partial charge in [0.25, 0.3) is 0 Å². The van der Waals surface area contributed by atoms with Crippen LogP contribution in [0.15, 0.2) is 0 Å². The fourth-order valence-corrected chi connectivity index (χ4v) is 6.15. The normalized spacial score (nSPS) is 30.8. The molecule has 0 aromatic carbocycles. The summed E-state index contributed by atoms with van der Waals surface area (Å²) in [7, 11) is 0.852. The van der Waals surface area contributed by atoms with Crippen LogP contribution in [0.4, 0.5) is 0 Å². The first-order valence-electron chi connectivity index (χ1n) is 8.10. The first-order chi connectivity index (χ1) is 12.3. The molecule has 27 heavy (non-hydrogen) atoms. The van der Waals surface area contributed by atoms with Gasteiger partial charge in [-0.3, -0.25) is 0 Å². The van der Waals surface area contributed by atoms with Crippen LogP contribution < -0.4 is 0 Å². The molecule has 0 aromatic rings. The summed E-state index contributed by atoms with van der Waals surface area (Å²) in [5.41, 5.74) is 3.89. The third kappa shape index (κ3) is 9.77. The molecule has 0 aliphatic carbocycles. The summed E-state index contributed by atoms with van der Waals surface area (Å²) >= 11 is -2.30. The maximum absolute atomic E-state index is 11.5. The van der Waals surface area contributed by atoms with Crippen LogP contribution >= 0.6 is 18.2 Å². The van der Waals surface area contributed by atoms with Crippen molar-refractivity contribution in [1.82, 2.24) is 0 Å². The molecule has 0 spiro atoms. The van der Waals surface area contributed by atoms with Gasteiger partial charge < -0.3 is 10.2 Å². The van der Waals surface area contributed by atoms with E-state index in [1.54, 1.807) is 0 Å². The number of rotatable bonds is 12. The van der Waals surface area contributed by atoms with Gasteiger partial charge in [0.05, 0.1) is 6.61 Å². The second kappa shape index (κ2) is 11.1. The van der Waals surface area contributed by atoms with Crippen LogP contribution in [0.25, 0.3) is 0 Å². The van der Waals surface area contributed by atoms with Crippen molar-refractivity contribution in [2.45, 2.75) is 53.4 Å². The Morgan fingerprint density at radius 2 is 1.67 bits per heavy atom.